The topological polar surface area (TPSA) is 50.7 Å². The molecule has 1 N–H and O–H groups in total. The summed E-state index contributed by atoms with van der Waals surface area (Å²) in [5.74, 6) is 0.397. The Bertz CT molecular complexity index is 687. The van der Waals surface area contributed by atoms with Gasteiger partial charge in [0.05, 0.1) is 17.8 Å². The summed E-state index contributed by atoms with van der Waals surface area (Å²) in [6.07, 6.45) is 3.64. The van der Waals surface area contributed by atoms with Crippen LogP contribution in [0.25, 0.3) is 0 Å². The summed E-state index contributed by atoms with van der Waals surface area (Å²) < 4.78 is 5.85. The Morgan fingerprint density at radius 3 is 2.59 bits per heavy atom. The number of halogens is 1. The fraction of sp³-hybridized carbons (Fsp3) is 0.125. The average Bonchev–Trinajstić information content (AvgIpc) is 2.55. The van der Waals surface area contributed by atoms with Gasteiger partial charge in [-0.3, -0.25) is 4.79 Å². The number of nitrogens with one attached hydrogen (secondary N) is 1. The van der Waals surface area contributed by atoms with E-state index >= 15 is 0 Å². The fourth-order valence-corrected chi connectivity index (χ4v) is 2.68. The number of carbonyl (C=O) groups excluding carboxylic acids is 1. The van der Waals surface area contributed by atoms with E-state index in [1.807, 2.05) is 30.5 Å². The first-order valence-electron chi connectivity index (χ1n) is 6.45. The molecule has 2 aromatic rings. The molecule has 0 atom stereocenters. The average molecular weight is 379 g/mol. The molecule has 0 aliphatic heterocycles. The van der Waals surface area contributed by atoms with E-state index in [0.29, 0.717) is 11.3 Å². The predicted molar refractivity (Wildman–Crippen MR) is 94.0 cm³/mol. The number of rotatable bonds is 5. The van der Waals surface area contributed by atoms with Gasteiger partial charge < -0.3 is 4.74 Å². The van der Waals surface area contributed by atoms with Crippen LogP contribution in [0, 0.1) is 0 Å². The van der Waals surface area contributed by atoms with Gasteiger partial charge in [-0.1, -0.05) is 12.1 Å². The molecule has 0 saturated carbocycles. The molecule has 0 fully saturated rings. The summed E-state index contributed by atoms with van der Waals surface area (Å²) in [5.41, 5.74) is 3.93. The van der Waals surface area contributed by atoms with E-state index in [2.05, 4.69) is 26.5 Å². The summed E-state index contributed by atoms with van der Waals surface area (Å²) in [4.78, 5) is 13.2. The van der Waals surface area contributed by atoms with Crippen LogP contribution in [0.2, 0.25) is 0 Å². The van der Waals surface area contributed by atoms with E-state index in [4.69, 9.17) is 4.74 Å². The smallest absolute Gasteiger partial charge is 0.271 e. The van der Waals surface area contributed by atoms with Gasteiger partial charge >= 0.3 is 0 Å². The lowest BCUT2D eigenvalue weighted by atomic mass is 10.2. The van der Waals surface area contributed by atoms with E-state index in [1.54, 1.807) is 43.3 Å². The number of methoxy groups -OCH3 is 1. The molecule has 0 saturated heterocycles. The highest BCUT2D eigenvalue weighted by molar-refractivity contribution is 9.10. The molecule has 6 heteroatoms. The molecule has 0 spiro atoms. The molecule has 0 heterocycles. The maximum atomic E-state index is 12.0. The van der Waals surface area contributed by atoms with Crippen LogP contribution in [0.15, 0.2) is 56.9 Å². The second kappa shape index (κ2) is 8.00. The van der Waals surface area contributed by atoms with E-state index in [-0.39, 0.29) is 5.91 Å². The van der Waals surface area contributed by atoms with E-state index < -0.39 is 0 Å². The molecule has 0 radical (unpaired) electrons. The van der Waals surface area contributed by atoms with Gasteiger partial charge in [0.15, 0.2) is 0 Å². The van der Waals surface area contributed by atoms with E-state index in [9.17, 15) is 4.79 Å². The first-order valence-corrected chi connectivity index (χ1v) is 8.47. The van der Waals surface area contributed by atoms with Crippen molar-refractivity contribution in [1.29, 1.82) is 0 Å². The van der Waals surface area contributed by atoms with Crippen LogP contribution in [-0.4, -0.2) is 25.5 Å². The van der Waals surface area contributed by atoms with Crippen molar-refractivity contribution in [2.75, 3.05) is 13.4 Å². The zero-order valence-electron chi connectivity index (χ0n) is 12.2. The third-order valence-electron chi connectivity index (χ3n) is 2.91. The lowest BCUT2D eigenvalue weighted by molar-refractivity contribution is 0.0955. The fourth-order valence-electron chi connectivity index (χ4n) is 1.73. The number of hydrogen-bond donors (Lipinski definition) is 1. The number of thioether (sulfide) groups is 1. The molecule has 4 nitrogen and oxygen atoms in total. The minimum Gasteiger partial charge on any atom is -0.496 e. The first-order chi connectivity index (χ1) is 10.6. The molecule has 0 aliphatic rings. The van der Waals surface area contributed by atoms with Gasteiger partial charge in [-0.05, 0) is 58.1 Å². The molecule has 0 aliphatic carbocycles. The van der Waals surface area contributed by atoms with Crippen molar-refractivity contribution in [2.45, 2.75) is 4.90 Å². The summed E-state index contributed by atoms with van der Waals surface area (Å²) in [5, 5.41) is 3.97. The third-order valence-corrected chi connectivity index (χ3v) is 4.27. The Hall–Kier alpha value is -1.79. The molecule has 1 amide bonds. The van der Waals surface area contributed by atoms with Crippen LogP contribution in [0.5, 0.6) is 5.75 Å². The largest absolute Gasteiger partial charge is 0.496 e. The number of amides is 1. The van der Waals surface area contributed by atoms with E-state index in [0.717, 1.165) is 10.0 Å². The standard InChI is InChI=1S/C16H15BrN2O2S/c1-21-15-8-5-12(9-14(15)17)16(20)19-18-10-11-3-6-13(22-2)7-4-11/h3-10H,1-2H3,(H,19,20)/b18-10+. The van der Waals surface area contributed by atoms with Crippen molar-refractivity contribution in [3.63, 3.8) is 0 Å². The van der Waals surface area contributed by atoms with Crippen LogP contribution in [0.1, 0.15) is 15.9 Å². The Balaban J connectivity index is 1.99. The highest BCUT2D eigenvalue weighted by Crippen LogP contribution is 2.25. The highest BCUT2D eigenvalue weighted by Gasteiger charge is 2.07. The molecule has 22 heavy (non-hydrogen) atoms. The molecule has 0 bridgehead atoms. The highest BCUT2D eigenvalue weighted by atomic mass is 79.9. The van der Waals surface area contributed by atoms with Crippen molar-refractivity contribution >= 4 is 39.8 Å². The Morgan fingerprint density at radius 1 is 1.27 bits per heavy atom. The van der Waals surface area contributed by atoms with Gasteiger partial charge in [0.1, 0.15) is 5.75 Å². The van der Waals surface area contributed by atoms with Crippen LogP contribution in [0.4, 0.5) is 0 Å². The monoisotopic (exact) mass is 378 g/mol. The van der Waals surface area contributed by atoms with Gasteiger partial charge in [-0.2, -0.15) is 5.10 Å². The van der Waals surface area contributed by atoms with Gasteiger partial charge in [-0.25, -0.2) is 5.43 Å². The maximum absolute atomic E-state index is 12.0. The SMILES string of the molecule is COc1ccc(C(=O)N/N=C/c2ccc(SC)cc2)cc1Br. The first kappa shape index (κ1) is 16.6. The minimum atomic E-state index is -0.277. The zero-order valence-corrected chi connectivity index (χ0v) is 14.6. The van der Waals surface area contributed by atoms with Gasteiger partial charge in [0.2, 0.25) is 0 Å². The summed E-state index contributed by atoms with van der Waals surface area (Å²) in [6.45, 7) is 0. The molecule has 0 aromatic heterocycles. The number of benzene rings is 2. The van der Waals surface area contributed by atoms with Crippen LogP contribution < -0.4 is 10.2 Å². The quantitative estimate of drug-likeness (QED) is 0.486. The van der Waals surface area contributed by atoms with Crippen LogP contribution in [-0.2, 0) is 0 Å². The second-order valence-electron chi connectivity index (χ2n) is 4.32. The summed E-state index contributed by atoms with van der Waals surface area (Å²) >= 11 is 5.03. The van der Waals surface area contributed by atoms with Gasteiger partial charge in [0, 0.05) is 10.5 Å². The number of carbonyl (C=O) groups is 1. The number of hydrazone groups is 1. The van der Waals surface area contributed by atoms with Crippen molar-refractivity contribution in [2.24, 2.45) is 5.10 Å². The van der Waals surface area contributed by atoms with Crippen LogP contribution >= 0.6 is 27.7 Å². The number of nitrogens with zero attached hydrogens (tertiary/aromatic N) is 1. The molecule has 0 unspecified atom stereocenters. The zero-order chi connectivity index (χ0) is 15.9. The normalized spacial score (nSPS) is 10.7. The van der Waals surface area contributed by atoms with Gasteiger partial charge in [-0.15, -0.1) is 11.8 Å². The lowest BCUT2D eigenvalue weighted by Gasteiger charge is -2.05. The summed E-state index contributed by atoms with van der Waals surface area (Å²) in [7, 11) is 1.58. The van der Waals surface area contributed by atoms with Crippen molar-refractivity contribution in [1.82, 2.24) is 5.43 Å². The summed E-state index contributed by atoms with van der Waals surface area (Å²) in [6, 6.07) is 13.0. The third kappa shape index (κ3) is 4.35. The second-order valence-corrected chi connectivity index (χ2v) is 6.06. The number of ether oxygens (including phenoxy) is 1. The van der Waals surface area contributed by atoms with Crippen molar-refractivity contribution < 1.29 is 9.53 Å². The number of hydrogen-bond acceptors (Lipinski definition) is 4. The lowest BCUT2D eigenvalue weighted by Crippen LogP contribution is -2.17. The molecule has 2 aromatic carbocycles. The van der Waals surface area contributed by atoms with Crippen molar-refractivity contribution in [3.8, 4) is 5.75 Å². The minimum absolute atomic E-state index is 0.277. The molecular formula is C16H15BrN2O2S. The molecular weight excluding hydrogens is 364 g/mol. The molecule has 114 valence electrons. The van der Waals surface area contributed by atoms with E-state index in [1.165, 1.54) is 4.90 Å². The Morgan fingerprint density at radius 2 is 2.00 bits per heavy atom. The van der Waals surface area contributed by atoms with Gasteiger partial charge in [0.25, 0.3) is 5.91 Å². The van der Waals surface area contributed by atoms with Crippen molar-refractivity contribution in [3.05, 3.63) is 58.1 Å². The van der Waals surface area contributed by atoms with Crippen LogP contribution in [0.3, 0.4) is 0 Å². The Kier molecular flexibility index (Phi) is 6.03. The Labute approximate surface area is 142 Å². The molecule has 2 rings (SSSR count). The predicted octanol–water partition coefficient (Wildman–Crippen LogP) is 3.94. The maximum Gasteiger partial charge on any atom is 0.271 e.